The predicted octanol–water partition coefficient (Wildman–Crippen LogP) is 3.90. The lowest BCUT2D eigenvalue weighted by molar-refractivity contribution is 0.563. The van der Waals surface area contributed by atoms with Crippen LogP contribution in [0.4, 0.5) is 0 Å². The Morgan fingerprint density at radius 3 is 2.32 bits per heavy atom. The number of sulfonamides is 1. The van der Waals surface area contributed by atoms with Gasteiger partial charge in [-0.3, -0.25) is 0 Å². The quantitative estimate of drug-likeness (QED) is 0.654. The Balaban J connectivity index is 2.02. The van der Waals surface area contributed by atoms with Gasteiger partial charge in [-0.2, -0.15) is 4.72 Å². The molecule has 1 unspecified atom stereocenters. The Hall–Kier alpha value is -1.67. The number of benzene rings is 2. The fraction of sp³-hybridized carbons (Fsp3) is 0.118. The molecule has 0 spiro atoms. The summed E-state index contributed by atoms with van der Waals surface area (Å²) < 4.78 is 31.0. The lowest BCUT2D eigenvalue weighted by Crippen LogP contribution is -2.31. The highest BCUT2D eigenvalue weighted by molar-refractivity contribution is 9.10. The van der Waals surface area contributed by atoms with Crippen molar-refractivity contribution in [1.82, 2.24) is 14.3 Å². The van der Waals surface area contributed by atoms with Crippen LogP contribution in [0.3, 0.4) is 0 Å². The van der Waals surface area contributed by atoms with Crippen molar-refractivity contribution in [2.45, 2.75) is 10.9 Å². The first-order chi connectivity index (χ1) is 11.9. The molecular formula is C17H15BrClN3O2S. The van der Waals surface area contributed by atoms with E-state index in [-0.39, 0.29) is 4.90 Å². The second-order valence-corrected chi connectivity index (χ2v) is 8.52. The van der Waals surface area contributed by atoms with E-state index in [1.54, 1.807) is 65.5 Å². The van der Waals surface area contributed by atoms with E-state index in [9.17, 15) is 8.42 Å². The average Bonchev–Trinajstić information content (AvgIpc) is 3.00. The number of nitrogens with one attached hydrogen (secondary N) is 1. The molecule has 0 aliphatic rings. The van der Waals surface area contributed by atoms with Crippen molar-refractivity contribution >= 4 is 37.6 Å². The highest BCUT2D eigenvalue weighted by atomic mass is 79.9. The minimum atomic E-state index is -3.73. The SMILES string of the molecule is Cn1ccnc1C(NS(=O)(=O)c1ccc(Br)cc1)c1ccc(Cl)cc1. The van der Waals surface area contributed by atoms with E-state index in [0.717, 1.165) is 10.0 Å². The van der Waals surface area contributed by atoms with E-state index in [0.29, 0.717) is 10.8 Å². The zero-order valence-electron chi connectivity index (χ0n) is 13.2. The Morgan fingerprint density at radius 2 is 1.76 bits per heavy atom. The molecule has 0 bridgehead atoms. The van der Waals surface area contributed by atoms with Gasteiger partial charge >= 0.3 is 0 Å². The number of aryl methyl sites for hydroxylation is 1. The molecule has 1 N–H and O–H groups in total. The number of hydrogen-bond acceptors (Lipinski definition) is 3. The molecule has 1 heterocycles. The minimum absolute atomic E-state index is 0.184. The summed E-state index contributed by atoms with van der Waals surface area (Å²) in [6.07, 6.45) is 3.40. The zero-order valence-corrected chi connectivity index (χ0v) is 16.4. The zero-order chi connectivity index (χ0) is 18.0. The van der Waals surface area contributed by atoms with Gasteiger partial charge in [-0.15, -0.1) is 0 Å². The van der Waals surface area contributed by atoms with E-state index in [1.807, 2.05) is 7.05 Å². The molecule has 3 aromatic rings. The summed E-state index contributed by atoms with van der Waals surface area (Å²) in [5.74, 6) is 0.586. The van der Waals surface area contributed by atoms with Crippen LogP contribution in [0.2, 0.25) is 5.02 Å². The van der Waals surface area contributed by atoms with Gasteiger partial charge in [0.05, 0.1) is 4.90 Å². The van der Waals surface area contributed by atoms with Gasteiger partial charge in [-0.1, -0.05) is 39.7 Å². The number of nitrogens with zero attached hydrogens (tertiary/aromatic N) is 2. The smallest absolute Gasteiger partial charge is 0.241 e. The molecule has 1 atom stereocenters. The van der Waals surface area contributed by atoms with Crippen molar-refractivity contribution in [2.24, 2.45) is 7.05 Å². The molecular weight excluding hydrogens is 426 g/mol. The molecule has 0 aliphatic carbocycles. The maximum Gasteiger partial charge on any atom is 0.241 e. The summed E-state index contributed by atoms with van der Waals surface area (Å²) in [7, 11) is -1.92. The molecule has 0 amide bonds. The molecule has 5 nitrogen and oxygen atoms in total. The monoisotopic (exact) mass is 439 g/mol. The topological polar surface area (TPSA) is 64.0 Å². The fourth-order valence-corrected chi connectivity index (χ4v) is 3.99. The largest absolute Gasteiger partial charge is 0.336 e. The molecule has 25 heavy (non-hydrogen) atoms. The van der Waals surface area contributed by atoms with Crippen LogP contribution in [0.1, 0.15) is 17.4 Å². The maximum atomic E-state index is 12.8. The van der Waals surface area contributed by atoms with Gasteiger partial charge in [-0.25, -0.2) is 13.4 Å². The van der Waals surface area contributed by atoms with Gasteiger partial charge in [-0.05, 0) is 42.0 Å². The number of rotatable bonds is 5. The van der Waals surface area contributed by atoms with Crippen LogP contribution < -0.4 is 4.72 Å². The van der Waals surface area contributed by atoms with Crippen molar-refractivity contribution in [1.29, 1.82) is 0 Å². The molecule has 1 aromatic heterocycles. The third kappa shape index (κ3) is 4.12. The van der Waals surface area contributed by atoms with Gasteiger partial charge in [0.25, 0.3) is 0 Å². The van der Waals surface area contributed by atoms with Crippen molar-refractivity contribution in [3.63, 3.8) is 0 Å². The lowest BCUT2D eigenvalue weighted by Gasteiger charge is -2.19. The van der Waals surface area contributed by atoms with Crippen molar-refractivity contribution in [3.8, 4) is 0 Å². The number of aromatic nitrogens is 2. The van der Waals surface area contributed by atoms with Gasteiger partial charge in [0.1, 0.15) is 11.9 Å². The van der Waals surface area contributed by atoms with E-state index in [2.05, 4.69) is 25.6 Å². The molecule has 0 aliphatic heterocycles. The maximum absolute atomic E-state index is 12.8. The highest BCUT2D eigenvalue weighted by Crippen LogP contribution is 2.25. The van der Waals surface area contributed by atoms with Crippen LogP contribution >= 0.6 is 27.5 Å². The molecule has 130 valence electrons. The lowest BCUT2D eigenvalue weighted by atomic mass is 10.1. The Labute approximate surface area is 159 Å². The summed E-state index contributed by atoms with van der Waals surface area (Å²) in [4.78, 5) is 4.49. The molecule has 0 fully saturated rings. The standard InChI is InChI=1S/C17H15BrClN3O2S/c1-22-11-10-20-17(22)16(12-2-6-14(19)7-3-12)21-25(23,24)15-8-4-13(18)5-9-15/h2-11,16,21H,1H3. The van der Waals surface area contributed by atoms with E-state index >= 15 is 0 Å². The van der Waals surface area contributed by atoms with Gasteiger partial charge in [0.15, 0.2) is 0 Å². The van der Waals surface area contributed by atoms with Crippen LogP contribution in [0.15, 0.2) is 70.3 Å². The fourth-order valence-electron chi connectivity index (χ4n) is 2.42. The van der Waals surface area contributed by atoms with Gasteiger partial charge in [0.2, 0.25) is 10.0 Å². The molecule has 0 saturated carbocycles. The Kier molecular flexibility index (Phi) is 5.29. The highest BCUT2D eigenvalue weighted by Gasteiger charge is 2.25. The number of halogens is 2. The molecule has 3 rings (SSSR count). The number of imidazole rings is 1. The van der Waals surface area contributed by atoms with Crippen LogP contribution in [0.5, 0.6) is 0 Å². The summed E-state index contributed by atoms with van der Waals surface area (Å²) in [6, 6.07) is 12.8. The molecule has 8 heteroatoms. The van der Waals surface area contributed by atoms with Crippen LogP contribution in [-0.4, -0.2) is 18.0 Å². The van der Waals surface area contributed by atoms with Crippen LogP contribution in [-0.2, 0) is 17.1 Å². The van der Waals surface area contributed by atoms with Crippen molar-refractivity contribution < 1.29 is 8.42 Å². The average molecular weight is 441 g/mol. The van der Waals surface area contributed by atoms with Gasteiger partial charge in [0, 0.05) is 28.9 Å². The second-order valence-electron chi connectivity index (χ2n) is 5.46. The van der Waals surface area contributed by atoms with Crippen molar-refractivity contribution in [2.75, 3.05) is 0 Å². The van der Waals surface area contributed by atoms with E-state index in [4.69, 9.17) is 11.6 Å². The second kappa shape index (κ2) is 7.29. The summed E-state index contributed by atoms with van der Waals surface area (Å²) in [5.41, 5.74) is 0.749. The minimum Gasteiger partial charge on any atom is -0.336 e. The van der Waals surface area contributed by atoms with E-state index < -0.39 is 16.1 Å². The summed E-state index contributed by atoms with van der Waals surface area (Å²) >= 11 is 9.26. The summed E-state index contributed by atoms with van der Waals surface area (Å²) in [6.45, 7) is 0. The number of hydrogen-bond donors (Lipinski definition) is 1. The molecule has 0 radical (unpaired) electrons. The third-order valence-electron chi connectivity index (χ3n) is 3.72. The first kappa shape index (κ1) is 18.1. The van der Waals surface area contributed by atoms with Gasteiger partial charge < -0.3 is 4.57 Å². The third-order valence-corrected chi connectivity index (χ3v) is 5.94. The first-order valence-electron chi connectivity index (χ1n) is 7.37. The van der Waals surface area contributed by atoms with Crippen LogP contribution in [0, 0.1) is 0 Å². The Bertz CT molecular complexity index is 970. The molecule has 2 aromatic carbocycles. The van der Waals surface area contributed by atoms with Crippen molar-refractivity contribution in [3.05, 3.63) is 81.8 Å². The summed E-state index contributed by atoms with van der Waals surface area (Å²) in [5, 5.41) is 0.582. The molecule has 0 saturated heterocycles. The predicted molar refractivity (Wildman–Crippen MR) is 101 cm³/mol. The van der Waals surface area contributed by atoms with E-state index in [1.165, 1.54) is 0 Å². The van der Waals surface area contributed by atoms with Crippen LogP contribution in [0.25, 0.3) is 0 Å². The first-order valence-corrected chi connectivity index (χ1v) is 10.0. The normalized spacial score (nSPS) is 12.9. The Morgan fingerprint density at radius 1 is 1.12 bits per heavy atom.